The minimum atomic E-state index is -0.362. The Bertz CT molecular complexity index is 2070. The van der Waals surface area contributed by atoms with Crippen molar-refractivity contribution in [2.75, 3.05) is 10.6 Å². The highest BCUT2D eigenvalue weighted by atomic mass is 15.0. The van der Waals surface area contributed by atoms with E-state index in [2.05, 4.69) is 218 Å². The summed E-state index contributed by atoms with van der Waals surface area (Å²) in [6.45, 7) is 38.6. The number of nitrogens with zero attached hydrogens (tertiary/aromatic N) is 2. The molecule has 7 aliphatic rings. The van der Waals surface area contributed by atoms with Gasteiger partial charge in [-0.05, 0) is 163 Å². The molecule has 4 heteroatoms. The van der Waals surface area contributed by atoms with E-state index in [-0.39, 0.29) is 43.6 Å². The lowest BCUT2D eigenvalue weighted by molar-refractivity contribution is -0.0525. The molecule has 4 nitrogen and oxygen atoms in total. The minimum Gasteiger partial charge on any atom is -0.379 e. The van der Waals surface area contributed by atoms with Crippen molar-refractivity contribution in [3.63, 3.8) is 0 Å². The van der Waals surface area contributed by atoms with Crippen molar-refractivity contribution in [1.82, 2.24) is 0 Å². The number of nitrogens with one attached hydrogen (secondary N) is 2. The molecule has 0 radical (unpaired) electrons. The molecule has 4 aromatic carbocycles. The van der Waals surface area contributed by atoms with Gasteiger partial charge in [0.25, 0.3) is 0 Å². The molecule has 7 aliphatic heterocycles. The highest BCUT2D eigenvalue weighted by Crippen LogP contribution is 2.63. The van der Waals surface area contributed by atoms with Crippen molar-refractivity contribution in [2.24, 2.45) is 31.6 Å². The van der Waals surface area contributed by atoms with E-state index in [1.165, 1.54) is 11.1 Å². The fraction of sp³-hybridized carbons (Fsp3) is 0.538. The van der Waals surface area contributed by atoms with Crippen LogP contribution in [0.3, 0.4) is 0 Å². The molecule has 4 atom stereocenters. The summed E-state index contributed by atoms with van der Waals surface area (Å²) in [5, 5.41) is 9.66. The Morgan fingerprint density at radius 1 is 0.446 bits per heavy atom. The molecular formula is C52H74N4. The molecule has 56 heavy (non-hydrogen) atoms. The van der Waals surface area contributed by atoms with Gasteiger partial charge >= 0.3 is 0 Å². The Balaban J connectivity index is 1.68. The average molecular weight is 755 g/mol. The molecule has 0 aromatic heterocycles. The summed E-state index contributed by atoms with van der Waals surface area (Å²) in [6.07, 6.45) is 4.07. The largest absolute Gasteiger partial charge is 0.379 e. The standard InChI is InChI=1S/C52H74N4/c1-17-49(13)38-23-27-40(28-24-38)54-41-29-33-43(34-30-41)55-48(11,12)46(7,8)51(15,19-3)52(16,20-4)56-44-35-31-42(32-36-44)53-39-25-21-37(22-26-39)45(5,6)50(14,18-2)47(49,9)10/h21-36,53,56H,17-20H2,1-16H3. The van der Waals surface area contributed by atoms with Crippen molar-refractivity contribution >= 4 is 22.7 Å². The van der Waals surface area contributed by atoms with E-state index in [0.717, 1.165) is 59.1 Å². The summed E-state index contributed by atoms with van der Waals surface area (Å²) < 4.78 is 0. The molecule has 4 aromatic rings. The van der Waals surface area contributed by atoms with Gasteiger partial charge in [0.15, 0.2) is 0 Å². The van der Waals surface area contributed by atoms with E-state index in [1.54, 1.807) is 0 Å². The first-order chi connectivity index (χ1) is 26.0. The summed E-state index contributed by atoms with van der Waals surface area (Å²) in [6, 6.07) is 35.6. The summed E-state index contributed by atoms with van der Waals surface area (Å²) in [5.41, 5.74) is 5.86. The van der Waals surface area contributed by atoms with Crippen LogP contribution in [0.2, 0.25) is 0 Å². The van der Waals surface area contributed by atoms with Crippen LogP contribution in [0, 0.1) is 21.7 Å². The Labute approximate surface area is 341 Å². The van der Waals surface area contributed by atoms with Crippen molar-refractivity contribution < 1.29 is 0 Å². The lowest BCUT2D eigenvalue weighted by Gasteiger charge is -2.61. The highest BCUT2D eigenvalue weighted by molar-refractivity contribution is 5.63. The zero-order valence-electron chi connectivity index (χ0n) is 38.0. The van der Waals surface area contributed by atoms with Gasteiger partial charge in [-0.15, -0.1) is 0 Å². The van der Waals surface area contributed by atoms with E-state index in [9.17, 15) is 0 Å². The first-order valence-electron chi connectivity index (χ1n) is 21.4. The molecule has 0 spiro atoms. The third-order valence-corrected chi connectivity index (χ3v) is 17.3. The predicted molar refractivity (Wildman–Crippen MR) is 242 cm³/mol. The molecule has 0 fully saturated rings. The van der Waals surface area contributed by atoms with Gasteiger partial charge in [-0.2, -0.15) is 0 Å². The molecule has 7 heterocycles. The van der Waals surface area contributed by atoms with Gasteiger partial charge < -0.3 is 10.6 Å². The Morgan fingerprint density at radius 3 is 1.39 bits per heavy atom. The van der Waals surface area contributed by atoms with Crippen LogP contribution in [0.25, 0.3) is 0 Å². The Kier molecular flexibility index (Phi) is 11.7. The van der Waals surface area contributed by atoms with Gasteiger partial charge in [-0.1, -0.05) is 114 Å². The van der Waals surface area contributed by atoms with E-state index in [0.29, 0.717) is 0 Å². The van der Waals surface area contributed by atoms with Crippen LogP contribution in [0.4, 0.5) is 22.7 Å². The molecule has 0 amide bonds. The molecule has 4 unspecified atom stereocenters. The summed E-state index contributed by atoms with van der Waals surface area (Å²) in [4.78, 5) is 10.5. The van der Waals surface area contributed by atoms with E-state index in [1.807, 2.05) is 0 Å². The van der Waals surface area contributed by atoms with Gasteiger partial charge in [0.2, 0.25) is 0 Å². The third kappa shape index (κ3) is 6.92. The van der Waals surface area contributed by atoms with Gasteiger partial charge in [0.1, 0.15) is 0 Å². The summed E-state index contributed by atoms with van der Waals surface area (Å²) >= 11 is 0. The van der Waals surface area contributed by atoms with Crippen LogP contribution in [-0.4, -0.2) is 11.1 Å². The van der Waals surface area contributed by atoms with E-state index in [4.69, 9.17) is 9.98 Å². The maximum atomic E-state index is 5.47. The zero-order chi connectivity index (χ0) is 41.6. The number of hydrogen-bond donors (Lipinski definition) is 2. The Morgan fingerprint density at radius 2 is 0.911 bits per heavy atom. The van der Waals surface area contributed by atoms with Gasteiger partial charge in [0, 0.05) is 22.6 Å². The van der Waals surface area contributed by atoms with Gasteiger partial charge in [-0.25, -0.2) is 4.99 Å². The fourth-order valence-corrected chi connectivity index (χ4v) is 10.6. The molecule has 0 saturated heterocycles. The Hall–Kier alpha value is -3.92. The summed E-state index contributed by atoms with van der Waals surface area (Å²) in [5.74, 6) is 0. The highest BCUT2D eigenvalue weighted by Gasteiger charge is 2.59. The van der Waals surface area contributed by atoms with Crippen LogP contribution in [0.5, 0.6) is 0 Å². The van der Waals surface area contributed by atoms with Crippen molar-refractivity contribution in [2.45, 2.75) is 158 Å². The first-order valence-corrected chi connectivity index (χ1v) is 21.4. The molecule has 11 rings (SSSR count). The average Bonchev–Trinajstić information content (AvgIpc) is 3.17. The predicted octanol–water partition coefficient (Wildman–Crippen LogP) is 13.9. The SMILES string of the molecule is CCC1(C)Nc2ccc(cc2)Nc2ccc(cc2)C(C)(C)C(C)(CC)C(C)(C)C(C)(CC)c2ccc(cc2)N=c2ccc(cc2)=NC(C)(C)C(C)(C)C1(C)CC. The van der Waals surface area contributed by atoms with Crippen LogP contribution in [-0.2, 0) is 10.8 Å². The van der Waals surface area contributed by atoms with E-state index >= 15 is 0 Å². The smallest absolute Gasteiger partial charge is 0.0638 e. The molecule has 2 N–H and O–H groups in total. The molecular weight excluding hydrogens is 681 g/mol. The normalized spacial score (nSPS) is 28.3. The van der Waals surface area contributed by atoms with E-state index < -0.39 is 0 Å². The third-order valence-electron chi connectivity index (χ3n) is 17.3. The minimum absolute atomic E-state index is 0.0361. The second-order valence-corrected chi connectivity index (χ2v) is 19.9. The number of benzene rings is 4. The number of rotatable bonds is 4. The fourth-order valence-electron chi connectivity index (χ4n) is 10.6. The molecule has 8 bridgehead atoms. The van der Waals surface area contributed by atoms with Crippen LogP contribution >= 0.6 is 0 Å². The van der Waals surface area contributed by atoms with Crippen molar-refractivity contribution in [1.29, 1.82) is 0 Å². The first kappa shape index (κ1) is 43.2. The van der Waals surface area contributed by atoms with Crippen molar-refractivity contribution in [3.8, 4) is 0 Å². The van der Waals surface area contributed by atoms with Crippen molar-refractivity contribution in [3.05, 3.63) is 119 Å². The quantitative estimate of drug-likeness (QED) is 0.218. The second kappa shape index (κ2) is 15.1. The molecule has 302 valence electrons. The van der Waals surface area contributed by atoms with Crippen LogP contribution in [0.15, 0.2) is 107 Å². The number of hydrogen-bond acceptors (Lipinski definition) is 4. The van der Waals surface area contributed by atoms with Crippen LogP contribution in [0.1, 0.15) is 148 Å². The lowest BCUT2D eigenvalue weighted by Crippen LogP contribution is -2.62. The van der Waals surface area contributed by atoms with Gasteiger partial charge in [-0.3, -0.25) is 4.99 Å². The van der Waals surface area contributed by atoms with Gasteiger partial charge in [0.05, 0.1) is 21.9 Å². The topological polar surface area (TPSA) is 48.8 Å². The second-order valence-electron chi connectivity index (χ2n) is 19.9. The number of anilines is 3. The lowest BCUT2D eigenvalue weighted by atomic mass is 9.42. The van der Waals surface area contributed by atoms with Crippen LogP contribution < -0.4 is 21.3 Å². The zero-order valence-corrected chi connectivity index (χ0v) is 38.0. The molecule has 0 aliphatic carbocycles. The molecule has 0 saturated carbocycles. The summed E-state index contributed by atoms with van der Waals surface area (Å²) in [7, 11) is 0. The maximum Gasteiger partial charge on any atom is 0.0638 e. The monoisotopic (exact) mass is 755 g/mol. The maximum absolute atomic E-state index is 5.47.